The minimum atomic E-state index is -0.180. The SMILES string of the molecule is CCN(CC)C(=O)c1cccc(OC)c1-c1c(O)cc2ccccc2c1O. The van der Waals surface area contributed by atoms with Crippen LogP contribution in [0.5, 0.6) is 17.2 Å². The van der Waals surface area contributed by atoms with Gasteiger partial charge >= 0.3 is 0 Å². The summed E-state index contributed by atoms with van der Waals surface area (Å²) in [6, 6.07) is 13.9. The van der Waals surface area contributed by atoms with Crippen LogP contribution in [0.3, 0.4) is 0 Å². The van der Waals surface area contributed by atoms with Crippen LogP contribution in [0.1, 0.15) is 24.2 Å². The third-order valence-electron chi connectivity index (χ3n) is 4.78. The van der Waals surface area contributed by atoms with Crippen molar-refractivity contribution in [1.29, 1.82) is 0 Å². The second-order valence-corrected chi connectivity index (χ2v) is 6.20. The number of carbonyl (C=O) groups excluding carboxylic acids is 1. The van der Waals surface area contributed by atoms with E-state index in [1.165, 1.54) is 7.11 Å². The number of fused-ring (bicyclic) bond motifs is 1. The highest BCUT2D eigenvalue weighted by molar-refractivity contribution is 6.07. The summed E-state index contributed by atoms with van der Waals surface area (Å²) < 4.78 is 5.47. The predicted octanol–water partition coefficient (Wildman–Crippen LogP) is 4.41. The van der Waals surface area contributed by atoms with Gasteiger partial charge in [0, 0.05) is 24.0 Å². The number of amides is 1. The number of carbonyl (C=O) groups is 1. The van der Waals surface area contributed by atoms with Crippen LogP contribution >= 0.6 is 0 Å². The lowest BCUT2D eigenvalue weighted by atomic mass is 9.93. The van der Waals surface area contributed by atoms with E-state index in [2.05, 4.69) is 0 Å². The molecule has 0 bridgehead atoms. The summed E-state index contributed by atoms with van der Waals surface area (Å²) in [6.07, 6.45) is 0. The molecular formula is C22H23NO4. The molecule has 0 heterocycles. The molecule has 3 aromatic carbocycles. The second-order valence-electron chi connectivity index (χ2n) is 6.20. The Kier molecular flexibility index (Phi) is 5.21. The predicted molar refractivity (Wildman–Crippen MR) is 107 cm³/mol. The van der Waals surface area contributed by atoms with Gasteiger partial charge in [-0.3, -0.25) is 4.79 Å². The van der Waals surface area contributed by atoms with E-state index in [1.807, 2.05) is 32.0 Å². The van der Waals surface area contributed by atoms with Crippen LogP contribution in [0, 0.1) is 0 Å². The first-order valence-electron chi connectivity index (χ1n) is 8.93. The lowest BCUT2D eigenvalue weighted by Crippen LogP contribution is -2.30. The number of phenols is 2. The summed E-state index contributed by atoms with van der Waals surface area (Å²) in [5.74, 6) is 0.0442. The van der Waals surface area contributed by atoms with Crippen molar-refractivity contribution < 1.29 is 19.7 Å². The van der Waals surface area contributed by atoms with Crippen LogP contribution in [-0.4, -0.2) is 41.2 Å². The van der Waals surface area contributed by atoms with Crippen molar-refractivity contribution in [3.63, 3.8) is 0 Å². The molecule has 0 saturated heterocycles. The number of nitrogens with zero attached hydrogens (tertiary/aromatic N) is 1. The fourth-order valence-corrected chi connectivity index (χ4v) is 3.38. The first-order valence-corrected chi connectivity index (χ1v) is 8.93. The van der Waals surface area contributed by atoms with E-state index in [-0.39, 0.29) is 23.0 Å². The van der Waals surface area contributed by atoms with Gasteiger partial charge in [0.25, 0.3) is 5.91 Å². The fourth-order valence-electron chi connectivity index (χ4n) is 3.38. The molecule has 0 aliphatic rings. The lowest BCUT2D eigenvalue weighted by Gasteiger charge is -2.22. The highest BCUT2D eigenvalue weighted by atomic mass is 16.5. The zero-order valence-corrected chi connectivity index (χ0v) is 15.7. The molecule has 27 heavy (non-hydrogen) atoms. The van der Waals surface area contributed by atoms with Crippen LogP contribution in [-0.2, 0) is 0 Å². The van der Waals surface area contributed by atoms with E-state index in [0.717, 1.165) is 0 Å². The van der Waals surface area contributed by atoms with E-state index < -0.39 is 0 Å². The molecule has 2 N–H and O–H groups in total. The quantitative estimate of drug-likeness (QED) is 0.703. The summed E-state index contributed by atoms with van der Waals surface area (Å²) in [5.41, 5.74) is 0.957. The van der Waals surface area contributed by atoms with Crippen molar-refractivity contribution >= 4 is 16.7 Å². The third kappa shape index (κ3) is 3.16. The monoisotopic (exact) mass is 365 g/mol. The zero-order chi connectivity index (χ0) is 19.6. The minimum absolute atomic E-state index is 0.0799. The highest BCUT2D eigenvalue weighted by Crippen LogP contribution is 2.47. The van der Waals surface area contributed by atoms with Gasteiger partial charge in [-0.05, 0) is 37.4 Å². The second kappa shape index (κ2) is 7.58. The van der Waals surface area contributed by atoms with E-state index in [9.17, 15) is 15.0 Å². The van der Waals surface area contributed by atoms with Gasteiger partial charge in [0.2, 0.25) is 0 Å². The molecule has 5 heteroatoms. The smallest absolute Gasteiger partial charge is 0.254 e. The first kappa shape index (κ1) is 18.6. The van der Waals surface area contributed by atoms with E-state index >= 15 is 0 Å². The van der Waals surface area contributed by atoms with Crippen LogP contribution in [0.2, 0.25) is 0 Å². The van der Waals surface area contributed by atoms with Crippen molar-refractivity contribution in [3.8, 4) is 28.4 Å². The molecule has 1 amide bonds. The Morgan fingerprint density at radius 3 is 2.37 bits per heavy atom. The first-order chi connectivity index (χ1) is 13.0. The van der Waals surface area contributed by atoms with Crippen molar-refractivity contribution in [2.24, 2.45) is 0 Å². The Morgan fingerprint density at radius 1 is 1.00 bits per heavy atom. The van der Waals surface area contributed by atoms with E-state index in [1.54, 1.807) is 35.2 Å². The van der Waals surface area contributed by atoms with Gasteiger partial charge in [-0.1, -0.05) is 30.3 Å². The lowest BCUT2D eigenvalue weighted by molar-refractivity contribution is 0.0773. The van der Waals surface area contributed by atoms with Crippen LogP contribution in [0.25, 0.3) is 21.9 Å². The van der Waals surface area contributed by atoms with Gasteiger partial charge in [-0.2, -0.15) is 0 Å². The summed E-state index contributed by atoms with van der Waals surface area (Å²) in [4.78, 5) is 14.8. The van der Waals surface area contributed by atoms with Gasteiger partial charge < -0.3 is 19.8 Å². The summed E-state index contributed by atoms with van der Waals surface area (Å²) in [7, 11) is 1.50. The van der Waals surface area contributed by atoms with Crippen LogP contribution in [0.15, 0.2) is 48.5 Å². The third-order valence-corrected chi connectivity index (χ3v) is 4.78. The van der Waals surface area contributed by atoms with Crippen molar-refractivity contribution in [2.45, 2.75) is 13.8 Å². The number of hydrogen-bond acceptors (Lipinski definition) is 4. The maximum Gasteiger partial charge on any atom is 0.254 e. The Morgan fingerprint density at radius 2 is 1.70 bits per heavy atom. The molecule has 140 valence electrons. The topological polar surface area (TPSA) is 70.0 Å². The van der Waals surface area contributed by atoms with Crippen molar-refractivity contribution in [3.05, 3.63) is 54.1 Å². The number of ether oxygens (including phenoxy) is 1. The molecular weight excluding hydrogens is 342 g/mol. The van der Waals surface area contributed by atoms with Crippen LogP contribution in [0.4, 0.5) is 0 Å². The largest absolute Gasteiger partial charge is 0.507 e. The van der Waals surface area contributed by atoms with Gasteiger partial charge in [0.05, 0.1) is 18.2 Å². The molecule has 5 nitrogen and oxygen atoms in total. The molecule has 0 aliphatic heterocycles. The summed E-state index contributed by atoms with van der Waals surface area (Å²) >= 11 is 0. The fraction of sp³-hybridized carbons (Fsp3) is 0.227. The Balaban J connectivity index is 2.35. The number of hydrogen-bond donors (Lipinski definition) is 2. The zero-order valence-electron chi connectivity index (χ0n) is 15.7. The normalized spacial score (nSPS) is 10.8. The molecule has 0 aromatic heterocycles. The molecule has 3 rings (SSSR count). The Labute approximate surface area is 158 Å². The Bertz CT molecular complexity index is 993. The Hall–Kier alpha value is -3.21. The molecule has 0 unspecified atom stereocenters. The highest BCUT2D eigenvalue weighted by Gasteiger charge is 2.25. The van der Waals surface area contributed by atoms with Crippen LogP contribution < -0.4 is 4.74 Å². The number of aromatic hydroxyl groups is 2. The summed E-state index contributed by atoms with van der Waals surface area (Å²) in [6.45, 7) is 4.93. The maximum absolute atomic E-state index is 13.1. The minimum Gasteiger partial charge on any atom is -0.507 e. The van der Waals surface area contributed by atoms with Gasteiger partial charge in [0.15, 0.2) is 0 Å². The van der Waals surface area contributed by atoms with E-state index in [0.29, 0.717) is 40.7 Å². The number of benzene rings is 3. The van der Waals surface area contributed by atoms with Gasteiger partial charge in [0.1, 0.15) is 17.2 Å². The average molecular weight is 365 g/mol. The number of phenolic OH excluding ortho intramolecular Hbond substituents is 2. The standard InChI is InChI=1S/C22H23NO4/c1-4-23(5-2)22(26)16-11-8-12-18(27-3)19(16)20-17(24)13-14-9-6-7-10-15(14)21(20)25/h6-13,24-25H,4-5H2,1-3H3. The number of rotatable bonds is 5. The van der Waals surface area contributed by atoms with Crippen molar-refractivity contribution in [2.75, 3.05) is 20.2 Å². The summed E-state index contributed by atoms with van der Waals surface area (Å²) in [5, 5.41) is 22.9. The maximum atomic E-state index is 13.1. The molecule has 0 atom stereocenters. The molecule has 3 aromatic rings. The molecule has 0 saturated carbocycles. The molecule has 0 aliphatic carbocycles. The van der Waals surface area contributed by atoms with Gasteiger partial charge in [-0.25, -0.2) is 0 Å². The van der Waals surface area contributed by atoms with Crippen molar-refractivity contribution in [1.82, 2.24) is 4.90 Å². The molecule has 0 spiro atoms. The average Bonchev–Trinajstić information content (AvgIpc) is 2.68. The number of methoxy groups -OCH3 is 1. The molecule has 0 radical (unpaired) electrons. The van der Waals surface area contributed by atoms with Gasteiger partial charge in [-0.15, -0.1) is 0 Å². The van der Waals surface area contributed by atoms with E-state index in [4.69, 9.17) is 4.74 Å². The molecule has 0 fully saturated rings.